The fourth-order valence-corrected chi connectivity index (χ4v) is 1.35. The molecule has 5 heteroatoms. The number of halogens is 1. The van der Waals surface area contributed by atoms with Crippen molar-refractivity contribution in [3.63, 3.8) is 0 Å². The van der Waals surface area contributed by atoms with Gasteiger partial charge in [-0.05, 0) is 17.7 Å². The fourth-order valence-electron chi connectivity index (χ4n) is 1.35. The van der Waals surface area contributed by atoms with Gasteiger partial charge in [-0.15, -0.1) is 0 Å². The highest BCUT2D eigenvalue weighted by molar-refractivity contribution is 5.52. The zero-order valence-corrected chi connectivity index (χ0v) is 8.39. The second kappa shape index (κ2) is 4.65. The van der Waals surface area contributed by atoms with Gasteiger partial charge in [-0.1, -0.05) is 17.3 Å². The van der Waals surface area contributed by atoms with Crippen molar-refractivity contribution in [1.82, 2.24) is 10.1 Å². The highest BCUT2D eigenvalue weighted by Crippen LogP contribution is 2.08. The van der Waals surface area contributed by atoms with Crippen molar-refractivity contribution in [2.75, 3.05) is 0 Å². The van der Waals surface area contributed by atoms with Crippen LogP contribution >= 0.6 is 0 Å². The van der Waals surface area contributed by atoms with Crippen LogP contribution in [0.15, 0.2) is 28.8 Å². The third-order valence-corrected chi connectivity index (χ3v) is 2.02. The molecule has 0 saturated heterocycles. The van der Waals surface area contributed by atoms with Crippen molar-refractivity contribution < 1.29 is 13.7 Å². The summed E-state index contributed by atoms with van der Waals surface area (Å²) in [6, 6.07) is 6.18. The molecule has 2 rings (SSSR count). The number of benzene rings is 1. The van der Waals surface area contributed by atoms with E-state index >= 15 is 0 Å². The lowest BCUT2D eigenvalue weighted by molar-refractivity contribution is -0.107. The molecule has 0 radical (unpaired) electrons. The van der Waals surface area contributed by atoms with Crippen molar-refractivity contribution in [3.05, 3.63) is 47.4 Å². The molecule has 0 unspecified atom stereocenters. The Kier molecular flexibility index (Phi) is 3.05. The van der Waals surface area contributed by atoms with Crippen LogP contribution in [0.5, 0.6) is 0 Å². The second-order valence-electron chi connectivity index (χ2n) is 3.28. The first-order valence-corrected chi connectivity index (χ1v) is 4.77. The molecular formula is C11H9FN2O2. The zero-order valence-electron chi connectivity index (χ0n) is 8.39. The molecule has 0 amide bonds. The van der Waals surface area contributed by atoms with Gasteiger partial charge >= 0.3 is 0 Å². The molecule has 2 aromatic rings. The Balaban J connectivity index is 2.11. The number of aldehydes is 1. The molecule has 0 spiro atoms. The number of carbonyl (C=O) groups excluding carboxylic acids is 1. The zero-order chi connectivity index (χ0) is 11.4. The predicted octanol–water partition coefficient (Wildman–Crippen LogP) is 1.54. The van der Waals surface area contributed by atoms with E-state index in [1.54, 1.807) is 12.1 Å². The minimum absolute atomic E-state index is 0.107. The van der Waals surface area contributed by atoms with Crippen LogP contribution in [-0.4, -0.2) is 16.4 Å². The van der Waals surface area contributed by atoms with Crippen molar-refractivity contribution in [1.29, 1.82) is 0 Å². The van der Waals surface area contributed by atoms with E-state index in [2.05, 4.69) is 10.1 Å². The third-order valence-electron chi connectivity index (χ3n) is 2.02. The van der Waals surface area contributed by atoms with E-state index < -0.39 is 0 Å². The standard InChI is InChI=1S/C11H9FN2O2/c12-9-3-1-2-8(6-9)7-10-13-11(4-5-15)16-14-10/h1-3,5-6H,4,7H2. The Hall–Kier alpha value is -2.04. The fraction of sp³-hybridized carbons (Fsp3) is 0.182. The third kappa shape index (κ3) is 2.50. The van der Waals surface area contributed by atoms with Crippen LogP contribution < -0.4 is 0 Å². The van der Waals surface area contributed by atoms with Crippen LogP contribution in [0, 0.1) is 5.82 Å². The van der Waals surface area contributed by atoms with Crippen molar-refractivity contribution in [2.24, 2.45) is 0 Å². The topological polar surface area (TPSA) is 56.0 Å². The lowest BCUT2D eigenvalue weighted by atomic mass is 10.1. The first kappa shape index (κ1) is 10.5. The lowest BCUT2D eigenvalue weighted by Crippen LogP contribution is -1.92. The molecule has 0 bridgehead atoms. The summed E-state index contributed by atoms with van der Waals surface area (Å²) < 4.78 is 17.7. The Morgan fingerprint density at radius 3 is 3.06 bits per heavy atom. The maximum Gasteiger partial charge on any atom is 0.233 e. The first-order chi connectivity index (χ1) is 7.78. The second-order valence-corrected chi connectivity index (χ2v) is 3.28. The molecule has 82 valence electrons. The molecule has 16 heavy (non-hydrogen) atoms. The average molecular weight is 220 g/mol. The summed E-state index contributed by atoms with van der Waals surface area (Å²) in [4.78, 5) is 14.2. The van der Waals surface area contributed by atoms with Crippen LogP contribution in [0.2, 0.25) is 0 Å². The molecule has 1 heterocycles. The number of nitrogens with zero attached hydrogens (tertiary/aromatic N) is 2. The Morgan fingerprint density at radius 2 is 2.31 bits per heavy atom. The van der Waals surface area contributed by atoms with Gasteiger partial charge < -0.3 is 9.32 Å². The van der Waals surface area contributed by atoms with Crippen molar-refractivity contribution >= 4 is 6.29 Å². The van der Waals surface area contributed by atoms with E-state index in [1.165, 1.54) is 12.1 Å². The largest absolute Gasteiger partial charge is 0.339 e. The molecule has 0 N–H and O–H groups in total. The summed E-state index contributed by atoms with van der Waals surface area (Å²) in [7, 11) is 0. The van der Waals surface area contributed by atoms with E-state index in [0.717, 1.165) is 5.56 Å². The molecule has 0 aliphatic heterocycles. The number of aromatic nitrogens is 2. The van der Waals surface area contributed by atoms with Gasteiger partial charge in [0.1, 0.15) is 12.1 Å². The van der Waals surface area contributed by atoms with Crippen LogP contribution in [0.4, 0.5) is 4.39 Å². The van der Waals surface area contributed by atoms with Gasteiger partial charge in [0.2, 0.25) is 5.89 Å². The van der Waals surface area contributed by atoms with E-state index in [9.17, 15) is 9.18 Å². The van der Waals surface area contributed by atoms with E-state index in [-0.39, 0.29) is 18.1 Å². The van der Waals surface area contributed by atoms with Gasteiger partial charge in [0, 0.05) is 6.42 Å². The molecule has 0 saturated carbocycles. The number of hydrogen-bond donors (Lipinski definition) is 0. The van der Waals surface area contributed by atoms with Crippen LogP contribution in [0.1, 0.15) is 17.3 Å². The summed E-state index contributed by atoms with van der Waals surface area (Å²) in [5.41, 5.74) is 0.762. The molecular weight excluding hydrogens is 211 g/mol. The maximum absolute atomic E-state index is 12.9. The lowest BCUT2D eigenvalue weighted by Gasteiger charge is -1.95. The van der Waals surface area contributed by atoms with Gasteiger partial charge in [-0.3, -0.25) is 0 Å². The highest BCUT2D eigenvalue weighted by atomic mass is 19.1. The number of carbonyl (C=O) groups is 1. The van der Waals surface area contributed by atoms with Crippen LogP contribution in [-0.2, 0) is 17.6 Å². The SMILES string of the molecule is O=CCc1nc(Cc2cccc(F)c2)no1. The number of rotatable bonds is 4. The first-order valence-electron chi connectivity index (χ1n) is 4.77. The summed E-state index contributed by atoms with van der Waals surface area (Å²) in [5, 5.41) is 3.69. The molecule has 0 fully saturated rings. The van der Waals surface area contributed by atoms with Crippen LogP contribution in [0.3, 0.4) is 0 Å². The van der Waals surface area contributed by atoms with Gasteiger partial charge in [0.05, 0.1) is 6.42 Å². The molecule has 4 nitrogen and oxygen atoms in total. The van der Waals surface area contributed by atoms with Gasteiger partial charge in [0.25, 0.3) is 0 Å². The van der Waals surface area contributed by atoms with E-state index in [1.807, 2.05) is 0 Å². The highest BCUT2D eigenvalue weighted by Gasteiger charge is 2.06. The molecule has 0 aliphatic carbocycles. The average Bonchev–Trinajstić information content (AvgIpc) is 2.66. The van der Waals surface area contributed by atoms with Gasteiger partial charge in [0.15, 0.2) is 5.82 Å². The molecule has 0 atom stereocenters. The summed E-state index contributed by atoms with van der Waals surface area (Å²) >= 11 is 0. The van der Waals surface area contributed by atoms with Crippen LogP contribution in [0.25, 0.3) is 0 Å². The maximum atomic E-state index is 12.9. The van der Waals surface area contributed by atoms with Crippen molar-refractivity contribution in [2.45, 2.75) is 12.8 Å². The quantitative estimate of drug-likeness (QED) is 0.733. The molecule has 1 aromatic carbocycles. The van der Waals surface area contributed by atoms with Crippen molar-refractivity contribution in [3.8, 4) is 0 Å². The number of hydrogen-bond acceptors (Lipinski definition) is 4. The monoisotopic (exact) mass is 220 g/mol. The summed E-state index contributed by atoms with van der Waals surface area (Å²) in [6.07, 6.45) is 1.19. The van der Waals surface area contributed by atoms with Gasteiger partial charge in [-0.25, -0.2) is 4.39 Å². The smallest absolute Gasteiger partial charge is 0.233 e. The minimum atomic E-state index is -0.297. The Labute approximate surface area is 91.1 Å². The van der Waals surface area contributed by atoms with E-state index in [0.29, 0.717) is 18.5 Å². The summed E-state index contributed by atoms with van der Waals surface area (Å²) in [6.45, 7) is 0. The molecule has 0 aliphatic rings. The van der Waals surface area contributed by atoms with E-state index in [4.69, 9.17) is 4.52 Å². The normalized spacial score (nSPS) is 10.3. The summed E-state index contributed by atoms with van der Waals surface area (Å²) in [5.74, 6) is 0.429. The Morgan fingerprint density at radius 1 is 1.44 bits per heavy atom. The Bertz CT molecular complexity index is 496. The van der Waals surface area contributed by atoms with Gasteiger partial charge in [-0.2, -0.15) is 4.98 Å². The predicted molar refractivity (Wildman–Crippen MR) is 53.3 cm³/mol. The minimum Gasteiger partial charge on any atom is -0.339 e. The molecule has 1 aromatic heterocycles.